The van der Waals surface area contributed by atoms with E-state index in [4.69, 9.17) is 11.6 Å². The molecule has 110 valence electrons. The number of rotatable bonds is 5. The van der Waals surface area contributed by atoms with E-state index in [-0.39, 0.29) is 5.91 Å². The van der Waals surface area contributed by atoms with Crippen LogP contribution < -0.4 is 0 Å². The number of halogens is 1. The smallest absolute Gasteiger partial charge is 0.272 e. The lowest BCUT2D eigenvalue weighted by Gasteiger charge is -2.37. The summed E-state index contributed by atoms with van der Waals surface area (Å²) in [5.74, 6) is 0.623. The summed E-state index contributed by atoms with van der Waals surface area (Å²) in [5.41, 5.74) is 1.41. The van der Waals surface area contributed by atoms with Gasteiger partial charge in [0, 0.05) is 23.9 Å². The maximum atomic E-state index is 12.7. The summed E-state index contributed by atoms with van der Waals surface area (Å²) in [7, 11) is 0. The second kappa shape index (κ2) is 6.44. The number of nitrogens with zero attached hydrogens (tertiary/aromatic N) is 2. The molecule has 3 rings (SSSR count). The van der Waals surface area contributed by atoms with Crippen LogP contribution >= 0.6 is 11.6 Å². The Kier molecular flexibility index (Phi) is 4.39. The molecule has 1 aliphatic carbocycles. The first-order valence-corrected chi connectivity index (χ1v) is 8.06. The lowest BCUT2D eigenvalue weighted by molar-refractivity contribution is 0.0575. The summed E-state index contributed by atoms with van der Waals surface area (Å²) < 4.78 is 0. The zero-order valence-electron chi connectivity index (χ0n) is 12.0. The normalized spacial score (nSPS) is 14.9. The van der Waals surface area contributed by atoms with E-state index in [1.807, 2.05) is 41.3 Å². The maximum Gasteiger partial charge on any atom is 0.272 e. The molecule has 0 atom stereocenters. The highest BCUT2D eigenvalue weighted by atomic mass is 35.5. The van der Waals surface area contributed by atoms with Crippen molar-refractivity contribution < 1.29 is 4.79 Å². The van der Waals surface area contributed by atoms with Crippen molar-refractivity contribution in [3.8, 4) is 0 Å². The lowest BCUT2D eigenvalue weighted by Crippen LogP contribution is -2.45. The van der Waals surface area contributed by atoms with Gasteiger partial charge in [0.2, 0.25) is 0 Å². The number of alkyl halides is 1. The van der Waals surface area contributed by atoms with Gasteiger partial charge in [0.25, 0.3) is 5.91 Å². The van der Waals surface area contributed by atoms with Crippen LogP contribution in [0.4, 0.5) is 0 Å². The van der Waals surface area contributed by atoms with Crippen LogP contribution in [0.2, 0.25) is 0 Å². The third-order valence-electron chi connectivity index (χ3n) is 4.13. The molecular formula is C17H19ClN2O. The van der Waals surface area contributed by atoms with Crippen molar-refractivity contribution >= 4 is 28.4 Å². The highest BCUT2D eigenvalue weighted by Crippen LogP contribution is 2.26. The predicted molar refractivity (Wildman–Crippen MR) is 85.8 cm³/mol. The molecule has 0 radical (unpaired) electrons. The van der Waals surface area contributed by atoms with Gasteiger partial charge in [0.05, 0.1) is 5.52 Å². The summed E-state index contributed by atoms with van der Waals surface area (Å²) in [5, 5.41) is 1.06. The molecule has 0 saturated heterocycles. The Morgan fingerprint density at radius 1 is 1.24 bits per heavy atom. The fraction of sp³-hybridized carbons (Fsp3) is 0.412. The van der Waals surface area contributed by atoms with Crippen molar-refractivity contribution in [2.45, 2.75) is 31.7 Å². The van der Waals surface area contributed by atoms with Crippen LogP contribution in [0.5, 0.6) is 0 Å². The van der Waals surface area contributed by atoms with E-state index in [0.717, 1.165) is 36.7 Å². The largest absolute Gasteiger partial charge is 0.334 e. The molecule has 2 aromatic rings. The molecule has 0 spiro atoms. The fourth-order valence-electron chi connectivity index (χ4n) is 2.71. The molecule has 1 aliphatic rings. The SMILES string of the molecule is O=C(c1ccc2ccccc2n1)N(CCCCl)C1CCC1. The van der Waals surface area contributed by atoms with Gasteiger partial charge < -0.3 is 4.90 Å². The minimum atomic E-state index is 0.0376. The Morgan fingerprint density at radius 3 is 2.76 bits per heavy atom. The molecule has 1 heterocycles. The van der Waals surface area contributed by atoms with Crippen molar-refractivity contribution in [1.82, 2.24) is 9.88 Å². The second-order valence-electron chi connectivity index (χ2n) is 5.52. The van der Waals surface area contributed by atoms with E-state index >= 15 is 0 Å². The topological polar surface area (TPSA) is 33.2 Å². The molecule has 0 unspecified atom stereocenters. The molecule has 1 amide bonds. The number of hydrogen-bond donors (Lipinski definition) is 0. The average Bonchev–Trinajstić information content (AvgIpc) is 2.48. The minimum Gasteiger partial charge on any atom is -0.334 e. The lowest BCUT2D eigenvalue weighted by atomic mass is 9.91. The Labute approximate surface area is 129 Å². The highest BCUT2D eigenvalue weighted by Gasteiger charge is 2.29. The molecule has 1 aromatic heterocycles. The molecule has 4 heteroatoms. The molecule has 0 aliphatic heterocycles. The summed E-state index contributed by atoms with van der Waals surface area (Å²) in [4.78, 5) is 19.2. The summed E-state index contributed by atoms with van der Waals surface area (Å²) in [6.45, 7) is 0.724. The van der Waals surface area contributed by atoms with E-state index in [9.17, 15) is 4.79 Å². The molecule has 0 bridgehead atoms. The van der Waals surface area contributed by atoms with Crippen molar-refractivity contribution in [1.29, 1.82) is 0 Å². The molecule has 1 saturated carbocycles. The Hall–Kier alpha value is -1.61. The summed E-state index contributed by atoms with van der Waals surface area (Å²) >= 11 is 5.79. The molecule has 3 nitrogen and oxygen atoms in total. The van der Waals surface area contributed by atoms with E-state index in [1.165, 1.54) is 6.42 Å². The van der Waals surface area contributed by atoms with E-state index in [2.05, 4.69) is 4.98 Å². The quantitative estimate of drug-likeness (QED) is 0.786. The number of pyridine rings is 1. The van der Waals surface area contributed by atoms with Crippen molar-refractivity contribution in [3.63, 3.8) is 0 Å². The van der Waals surface area contributed by atoms with Gasteiger partial charge in [-0.1, -0.05) is 24.3 Å². The van der Waals surface area contributed by atoms with E-state index in [1.54, 1.807) is 0 Å². The van der Waals surface area contributed by atoms with Crippen LogP contribution in [0.3, 0.4) is 0 Å². The Balaban J connectivity index is 1.85. The summed E-state index contributed by atoms with van der Waals surface area (Å²) in [6.07, 6.45) is 4.24. The maximum absolute atomic E-state index is 12.7. The van der Waals surface area contributed by atoms with Gasteiger partial charge >= 0.3 is 0 Å². The second-order valence-corrected chi connectivity index (χ2v) is 5.89. The van der Waals surface area contributed by atoms with Gasteiger partial charge in [-0.2, -0.15) is 0 Å². The summed E-state index contributed by atoms with van der Waals surface area (Å²) in [6, 6.07) is 12.0. The third kappa shape index (κ3) is 3.03. The molecule has 1 fully saturated rings. The number of benzene rings is 1. The third-order valence-corrected chi connectivity index (χ3v) is 4.39. The molecular weight excluding hydrogens is 284 g/mol. The number of para-hydroxylation sites is 1. The van der Waals surface area contributed by atoms with Gasteiger partial charge in [0.15, 0.2) is 0 Å². The van der Waals surface area contributed by atoms with Gasteiger partial charge in [-0.25, -0.2) is 4.98 Å². The molecule has 0 N–H and O–H groups in total. The van der Waals surface area contributed by atoms with Crippen molar-refractivity contribution in [3.05, 3.63) is 42.1 Å². The van der Waals surface area contributed by atoms with Crippen LogP contribution in [-0.4, -0.2) is 34.3 Å². The van der Waals surface area contributed by atoms with Crippen LogP contribution in [0, 0.1) is 0 Å². The number of aromatic nitrogens is 1. The van der Waals surface area contributed by atoms with Gasteiger partial charge in [-0.15, -0.1) is 11.6 Å². The molecule has 1 aromatic carbocycles. The number of hydrogen-bond acceptors (Lipinski definition) is 2. The highest BCUT2D eigenvalue weighted by molar-refractivity contribution is 6.17. The zero-order valence-corrected chi connectivity index (χ0v) is 12.7. The number of amides is 1. The Morgan fingerprint density at radius 2 is 2.05 bits per heavy atom. The first-order chi connectivity index (χ1) is 10.3. The van der Waals surface area contributed by atoms with Gasteiger partial charge in [0.1, 0.15) is 5.69 Å². The van der Waals surface area contributed by atoms with Crippen LogP contribution in [0.25, 0.3) is 10.9 Å². The van der Waals surface area contributed by atoms with Crippen molar-refractivity contribution in [2.24, 2.45) is 0 Å². The van der Waals surface area contributed by atoms with Crippen LogP contribution in [0.1, 0.15) is 36.2 Å². The number of carbonyl (C=O) groups is 1. The monoisotopic (exact) mass is 302 g/mol. The first kappa shape index (κ1) is 14.3. The fourth-order valence-corrected chi connectivity index (χ4v) is 2.83. The first-order valence-electron chi connectivity index (χ1n) is 7.52. The van der Waals surface area contributed by atoms with E-state index < -0.39 is 0 Å². The van der Waals surface area contributed by atoms with E-state index in [0.29, 0.717) is 17.6 Å². The van der Waals surface area contributed by atoms with Gasteiger partial charge in [-0.05, 0) is 37.8 Å². The van der Waals surface area contributed by atoms with Crippen LogP contribution in [-0.2, 0) is 0 Å². The minimum absolute atomic E-state index is 0.0376. The van der Waals surface area contributed by atoms with Crippen molar-refractivity contribution in [2.75, 3.05) is 12.4 Å². The number of carbonyl (C=O) groups excluding carboxylic acids is 1. The van der Waals surface area contributed by atoms with Crippen LogP contribution in [0.15, 0.2) is 36.4 Å². The Bertz CT molecular complexity index is 639. The predicted octanol–water partition coefficient (Wildman–Crippen LogP) is 3.86. The standard InChI is InChI=1S/C17H19ClN2O/c18-11-4-12-20(14-6-3-7-14)17(21)16-10-9-13-5-1-2-8-15(13)19-16/h1-2,5,8-10,14H,3-4,6-7,11-12H2. The van der Waals surface area contributed by atoms with Gasteiger partial charge in [-0.3, -0.25) is 4.79 Å². The molecule has 21 heavy (non-hydrogen) atoms. The zero-order chi connectivity index (χ0) is 14.7. The number of fused-ring (bicyclic) bond motifs is 1. The average molecular weight is 303 g/mol.